The zero-order valence-electron chi connectivity index (χ0n) is 14.7. The molecule has 0 bridgehead atoms. The van der Waals surface area contributed by atoms with Crippen LogP contribution < -0.4 is 5.32 Å². The van der Waals surface area contributed by atoms with Crippen LogP contribution in [-0.4, -0.2) is 44.1 Å². The molecule has 8 heteroatoms. The largest absolute Gasteiger partial charge is 0.376 e. The van der Waals surface area contributed by atoms with Gasteiger partial charge in [0.2, 0.25) is 11.1 Å². The van der Waals surface area contributed by atoms with Crippen LogP contribution in [0, 0.1) is 13.8 Å². The molecule has 1 N–H and O–H groups in total. The number of tetrazole rings is 1. The minimum Gasteiger partial charge on any atom is -0.376 e. The van der Waals surface area contributed by atoms with E-state index >= 15 is 0 Å². The first kappa shape index (κ1) is 17.9. The van der Waals surface area contributed by atoms with Gasteiger partial charge in [-0.3, -0.25) is 4.79 Å². The van der Waals surface area contributed by atoms with Gasteiger partial charge < -0.3 is 10.1 Å². The van der Waals surface area contributed by atoms with Gasteiger partial charge in [-0.2, -0.15) is 0 Å². The van der Waals surface area contributed by atoms with E-state index in [1.807, 2.05) is 39.0 Å². The number of para-hydroxylation sites is 1. The van der Waals surface area contributed by atoms with Crippen LogP contribution in [0.25, 0.3) is 0 Å². The third-order valence-electron chi connectivity index (χ3n) is 4.28. The average molecular weight is 361 g/mol. The third kappa shape index (κ3) is 4.38. The van der Waals surface area contributed by atoms with Gasteiger partial charge in [0.25, 0.3) is 0 Å². The molecule has 0 radical (unpaired) electrons. The van der Waals surface area contributed by atoms with Crippen LogP contribution in [0.15, 0.2) is 23.4 Å². The van der Waals surface area contributed by atoms with Crippen molar-refractivity contribution >= 4 is 23.4 Å². The number of benzene rings is 1. The summed E-state index contributed by atoms with van der Waals surface area (Å²) < 4.78 is 7.36. The number of rotatable bonds is 6. The van der Waals surface area contributed by atoms with Crippen LogP contribution in [0.2, 0.25) is 0 Å². The number of aryl methyl sites for hydroxylation is 2. The highest BCUT2D eigenvalue weighted by molar-refractivity contribution is 8.00. The van der Waals surface area contributed by atoms with Crippen LogP contribution in [0.3, 0.4) is 0 Å². The zero-order valence-corrected chi connectivity index (χ0v) is 15.5. The minimum absolute atomic E-state index is 0.0610. The van der Waals surface area contributed by atoms with Crippen molar-refractivity contribution in [1.82, 2.24) is 20.2 Å². The lowest BCUT2D eigenvalue weighted by Gasteiger charge is -2.15. The summed E-state index contributed by atoms with van der Waals surface area (Å²) in [5.41, 5.74) is 2.97. The Morgan fingerprint density at radius 2 is 2.20 bits per heavy atom. The first-order chi connectivity index (χ1) is 12.0. The van der Waals surface area contributed by atoms with Gasteiger partial charge >= 0.3 is 0 Å². The summed E-state index contributed by atoms with van der Waals surface area (Å²) in [6.45, 7) is 7.26. The second-order valence-electron chi connectivity index (χ2n) is 6.29. The second kappa shape index (κ2) is 7.97. The summed E-state index contributed by atoms with van der Waals surface area (Å²) in [5.74, 6) is -0.0610. The standard InChI is InChI=1S/C17H23N5O2S/c1-11-6-4-7-12(2)15(11)18-16(23)13(3)25-17-19-20-21-22(17)10-14-8-5-9-24-14/h4,6-7,13-14H,5,8-10H2,1-3H3,(H,18,23). The number of aromatic nitrogens is 4. The molecule has 1 fully saturated rings. The highest BCUT2D eigenvalue weighted by atomic mass is 32.2. The fraction of sp³-hybridized carbons (Fsp3) is 0.529. The molecule has 2 unspecified atom stereocenters. The molecule has 3 rings (SSSR count). The molecule has 0 saturated carbocycles. The quantitative estimate of drug-likeness (QED) is 0.797. The van der Waals surface area contributed by atoms with Crippen molar-refractivity contribution in [3.8, 4) is 0 Å². The molecular weight excluding hydrogens is 338 g/mol. The Morgan fingerprint density at radius 1 is 1.44 bits per heavy atom. The SMILES string of the molecule is Cc1cccc(C)c1NC(=O)C(C)Sc1nnnn1CC1CCCO1. The van der Waals surface area contributed by atoms with Gasteiger partial charge in [0, 0.05) is 12.3 Å². The normalized spacial score (nSPS) is 18.3. The molecular formula is C17H23N5O2S. The molecule has 1 aliphatic rings. The maximum atomic E-state index is 12.6. The molecule has 25 heavy (non-hydrogen) atoms. The molecule has 1 aromatic carbocycles. The summed E-state index contributed by atoms with van der Waals surface area (Å²) in [6, 6.07) is 5.96. The van der Waals surface area contributed by atoms with Gasteiger partial charge in [-0.05, 0) is 55.2 Å². The van der Waals surface area contributed by atoms with Crippen molar-refractivity contribution in [2.75, 3.05) is 11.9 Å². The number of anilines is 1. The number of amides is 1. The number of hydrogen-bond acceptors (Lipinski definition) is 6. The van der Waals surface area contributed by atoms with Crippen LogP contribution in [0.5, 0.6) is 0 Å². The first-order valence-corrected chi connectivity index (χ1v) is 9.34. The van der Waals surface area contributed by atoms with Gasteiger partial charge in [-0.1, -0.05) is 30.0 Å². The molecule has 2 atom stereocenters. The lowest BCUT2D eigenvalue weighted by atomic mass is 10.1. The second-order valence-corrected chi connectivity index (χ2v) is 7.60. The lowest BCUT2D eigenvalue weighted by molar-refractivity contribution is -0.115. The number of nitrogens with zero attached hydrogens (tertiary/aromatic N) is 4. The van der Waals surface area contributed by atoms with Crippen molar-refractivity contribution in [3.05, 3.63) is 29.3 Å². The average Bonchev–Trinajstić information content (AvgIpc) is 3.24. The fourth-order valence-corrected chi connectivity index (χ4v) is 3.62. The monoisotopic (exact) mass is 361 g/mol. The number of thioether (sulfide) groups is 1. The van der Waals surface area contributed by atoms with Gasteiger partial charge in [-0.15, -0.1) is 5.10 Å². The van der Waals surface area contributed by atoms with E-state index < -0.39 is 0 Å². The lowest BCUT2D eigenvalue weighted by Crippen LogP contribution is -2.24. The van der Waals surface area contributed by atoms with Crippen LogP contribution in [-0.2, 0) is 16.1 Å². The van der Waals surface area contributed by atoms with E-state index in [-0.39, 0.29) is 17.3 Å². The van der Waals surface area contributed by atoms with Crippen LogP contribution in [0.4, 0.5) is 5.69 Å². The predicted octanol–water partition coefficient (Wildman–Crippen LogP) is 2.59. The first-order valence-electron chi connectivity index (χ1n) is 8.46. The maximum Gasteiger partial charge on any atom is 0.237 e. The van der Waals surface area contributed by atoms with Crippen LogP contribution in [0.1, 0.15) is 30.9 Å². The topological polar surface area (TPSA) is 81.9 Å². The molecule has 0 spiro atoms. The molecule has 1 amide bonds. The Kier molecular flexibility index (Phi) is 5.70. The highest BCUT2D eigenvalue weighted by Crippen LogP contribution is 2.25. The van der Waals surface area contributed by atoms with Crippen LogP contribution >= 0.6 is 11.8 Å². The third-order valence-corrected chi connectivity index (χ3v) is 5.35. The number of carbonyl (C=O) groups excluding carboxylic acids is 1. The Hall–Kier alpha value is -1.93. The number of nitrogens with one attached hydrogen (secondary N) is 1. The van der Waals surface area contributed by atoms with Crippen molar-refractivity contribution in [1.29, 1.82) is 0 Å². The van der Waals surface area contributed by atoms with Crippen molar-refractivity contribution < 1.29 is 9.53 Å². The minimum atomic E-state index is -0.312. The Balaban J connectivity index is 1.63. The number of ether oxygens (including phenoxy) is 1. The van der Waals surface area contributed by atoms with E-state index in [0.29, 0.717) is 11.7 Å². The highest BCUT2D eigenvalue weighted by Gasteiger charge is 2.22. The van der Waals surface area contributed by atoms with E-state index in [4.69, 9.17) is 4.74 Å². The molecule has 2 heterocycles. The number of carbonyl (C=O) groups is 1. The Morgan fingerprint density at radius 3 is 2.88 bits per heavy atom. The molecule has 1 saturated heterocycles. The molecule has 1 aliphatic heterocycles. The van der Waals surface area contributed by atoms with E-state index in [9.17, 15) is 4.79 Å². The summed E-state index contributed by atoms with van der Waals surface area (Å²) >= 11 is 1.36. The van der Waals surface area contributed by atoms with Crippen molar-refractivity contribution in [2.45, 2.75) is 56.7 Å². The Bertz CT molecular complexity index is 722. The zero-order chi connectivity index (χ0) is 17.8. The van der Waals surface area contributed by atoms with Crippen molar-refractivity contribution in [2.24, 2.45) is 0 Å². The predicted molar refractivity (Wildman–Crippen MR) is 96.7 cm³/mol. The molecule has 134 valence electrons. The Labute approximate surface area is 151 Å². The van der Waals surface area contributed by atoms with Gasteiger partial charge in [0.15, 0.2) is 0 Å². The van der Waals surface area contributed by atoms with E-state index in [1.165, 1.54) is 11.8 Å². The fourth-order valence-electron chi connectivity index (χ4n) is 2.82. The molecule has 1 aromatic heterocycles. The van der Waals surface area contributed by atoms with E-state index in [0.717, 1.165) is 36.3 Å². The van der Waals surface area contributed by atoms with Gasteiger partial charge in [-0.25, -0.2) is 4.68 Å². The molecule has 2 aromatic rings. The number of hydrogen-bond donors (Lipinski definition) is 1. The molecule has 7 nitrogen and oxygen atoms in total. The van der Waals surface area contributed by atoms with Gasteiger partial charge in [0.05, 0.1) is 17.9 Å². The van der Waals surface area contributed by atoms with E-state index in [2.05, 4.69) is 20.8 Å². The maximum absolute atomic E-state index is 12.6. The van der Waals surface area contributed by atoms with Crippen molar-refractivity contribution in [3.63, 3.8) is 0 Å². The molecule has 0 aliphatic carbocycles. The summed E-state index contributed by atoms with van der Waals surface area (Å²) in [7, 11) is 0. The van der Waals surface area contributed by atoms with E-state index in [1.54, 1.807) is 4.68 Å². The summed E-state index contributed by atoms with van der Waals surface area (Å²) in [4.78, 5) is 12.6. The summed E-state index contributed by atoms with van der Waals surface area (Å²) in [5, 5.41) is 15.2. The van der Waals surface area contributed by atoms with Gasteiger partial charge in [0.1, 0.15) is 0 Å². The summed E-state index contributed by atoms with van der Waals surface area (Å²) in [6.07, 6.45) is 2.25. The smallest absolute Gasteiger partial charge is 0.237 e.